The maximum absolute atomic E-state index is 13.6. The average Bonchev–Trinajstić information content (AvgIpc) is 3.24. The summed E-state index contributed by atoms with van der Waals surface area (Å²) >= 11 is 1.50. The van der Waals surface area contributed by atoms with Gasteiger partial charge >= 0.3 is 0 Å². The number of carbonyl (C=O) groups is 1. The first-order valence-corrected chi connectivity index (χ1v) is 13.9. The fourth-order valence-electron chi connectivity index (χ4n) is 3.87. The fourth-order valence-corrected chi connectivity index (χ4v) is 5.59. The van der Waals surface area contributed by atoms with Crippen molar-refractivity contribution in [1.29, 1.82) is 0 Å². The molecule has 9 heteroatoms. The molecular formula is C24H29N3O4S2. The Bertz CT molecular complexity index is 1230. The number of anilines is 1. The van der Waals surface area contributed by atoms with Crippen molar-refractivity contribution >= 4 is 42.4 Å². The number of amides is 1. The third-order valence-electron chi connectivity index (χ3n) is 5.79. The average molecular weight is 488 g/mol. The highest BCUT2D eigenvalue weighted by Gasteiger charge is 2.23. The molecule has 7 nitrogen and oxygen atoms in total. The molecule has 176 valence electrons. The first-order chi connectivity index (χ1) is 15.8. The third kappa shape index (κ3) is 5.78. The first-order valence-electron chi connectivity index (χ1n) is 11.2. The van der Waals surface area contributed by atoms with Crippen LogP contribution in [0.15, 0.2) is 47.4 Å². The van der Waals surface area contributed by atoms with Crippen LogP contribution < -0.4 is 4.90 Å². The van der Waals surface area contributed by atoms with Gasteiger partial charge in [-0.05, 0) is 48.7 Å². The second-order valence-corrected chi connectivity index (χ2v) is 11.2. The number of fused-ring (bicyclic) bond motifs is 1. The van der Waals surface area contributed by atoms with E-state index in [0.29, 0.717) is 17.2 Å². The molecule has 1 aromatic heterocycles. The van der Waals surface area contributed by atoms with Gasteiger partial charge in [0.1, 0.15) is 0 Å². The van der Waals surface area contributed by atoms with Gasteiger partial charge in [0.2, 0.25) is 0 Å². The minimum absolute atomic E-state index is 0.138. The zero-order valence-corrected chi connectivity index (χ0v) is 20.6. The molecule has 0 radical (unpaired) electrons. The van der Waals surface area contributed by atoms with Crippen molar-refractivity contribution in [2.75, 3.05) is 50.5 Å². The lowest BCUT2D eigenvalue weighted by atomic mass is 10.2. The van der Waals surface area contributed by atoms with E-state index >= 15 is 0 Å². The van der Waals surface area contributed by atoms with Crippen LogP contribution in [0.2, 0.25) is 0 Å². The zero-order chi connectivity index (χ0) is 23.4. The Morgan fingerprint density at radius 2 is 1.97 bits per heavy atom. The molecular weight excluding hydrogens is 458 g/mol. The standard InChI is InChI=1S/C24H29N3O4S2/c1-3-18-8-9-21-22(16-18)32-24(25-21)27(11-5-10-26-12-14-31-15-13-26)23(28)19-6-4-7-20(17-19)33(2,29)30/h4,6-9,16-17H,3,5,10-15H2,1-2H3. The van der Waals surface area contributed by atoms with Gasteiger partial charge in [-0.15, -0.1) is 0 Å². The molecule has 1 fully saturated rings. The number of hydrogen-bond donors (Lipinski definition) is 0. The third-order valence-corrected chi connectivity index (χ3v) is 7.95. The molecule has 0 atom stereocenters. The van der Waals surface area contributed by atoms with Crippen molar-refractivity contribution in [3.05, 3.63) is 53.6 Å². The number of rotatable bonds is 8. The summed E-state index contributed by atoms with van der Waals surface area (Å²) in [6, 6.07) is 12.4. The van der Waals surface area contributed by atoms with Crippen LogP contribution in [-0.4, -0.2) is 69.9 Å². The summed E-state index contributed by atoms with van der Waals surface area (Å²) < 4.78 is 30.5. The molecule has 2 heterocycles. The van der Waals surface area contributed by atoms with Crippen molar-refractivity contribution in [2.24, 2.45) is 0 Å². The largest absolute Gasteiger partial charge is 0.379 e. The van der Waals surface area contributed by atoms with E-state index < -0.39 is 9.84 Å². The van der Waals surface area contributed by atoms with Gasteiger partial charge < -0.3 is 4.74 Å². The number of thiazole rings is 1. The number of nitrogens with zero attached hydrogens (tertiary/aromatic N) is 3. The van der Waals surface area contributed by atoms with Gasteiger partial charge in [0.05, 0.1) is 28.3 Å². The molecule has 1 saturated heterocycles. The van der Waals surface area contributed by atoms with Crippen molar-refractivity contribution in [2.45, 2.75) is 24.7 Å². The Balaban J connectivity index is 1.62. The van der Waals surface area contributed by atoms with E-state index in [-0.39, 0.29) is 10.8 Å². The van der Waals surface area contributed by atoms with Crippen LogP contribution in [0.25, 0.3) is 10.2 Å². The van der Waals surface area contributed by atoms with Gasteiger partial charge in [-0.1, -0.05) is 30.4 Å². The summed E-state index contributed by atoms with van der Waals surface area (Å²) in [5, 5.41) is 0.634. The van der Waals surface area contributed by atoms with Gasteiger partial charge in [-0.25, -0.2) is 13.4 Å². The van der Waals surface area contributed by atoms with E-state index in [1.54, 1.807) is 17.0 Å². The van der Waals surface area contributed by atoms with E-state index in [1.165, 1.54) is 29.0 Å². The summed E-state index contributed by atoms with van der Waals surface area (Å²) in [5.74, 6) is -0.239. The van der Waals surface area contributed by atoms with Crippen molar-refractivity contribution < 1.29 is 17.9 Å². The Morgan fingerprint density at radius 1 is 1.18 bits per heavy atom. The first kappa shape index (κ1) is 23.8. The molecule has 0 saturated carbocycles. The lowest BCUT2D eigenvalue weighted by molar-refractivity contribution is 0.0376. The minimum atomic E-state index is -3.41. The van der Waals surface area contributed by atoms with Gasteiger partial charge in [0.25, 0.3) is 5.91 Å². The number of ether oxygens (including phenoxy) is 1. The summed E-state index contributed by atoms with van der Waals surface area (Å²) in [5.41, 5.74) is 2.43. The highest BCUT2D eigenvalue weighted by atomic mass is 32.2. The second kappa shape index (κ2) is 10.3. The molecule has 0 spiro atoms. The van der Waals surface area contributed by atoms with E-state index in [9.17, 15) is 13.2 Å². The number of morpholine rings is 1. The van der Waals surface area contributed by atoms with E-state index in [2.05, 4.69) is 24.0 Å². The Labute approximate surface area is 198 Å². The molecule has 3 aromatic rings. The summed E-state index contributed by atoms with van der Waals surface area (Å²) in [6.45, 7) is 6.73. The number of hydrogen-bond acceptors (Lipinski definition) is 7. The van der Waals surface area contributed by atoms with E-state index in [4.69, 9.17) is 9.72 Å². The Kier molecular flexibility index (Phi) is 7.43. The van der Waals surface area contributed by atoms with Crippen LogP contribution in [0.3, 0.4) is 0 Å². The lowest BCUT2D eigenvalue weighted by Gasteiger charge is -2.27. The smallest absolute Gasteiger partial charge is 0.260 e. The number of benzene rings is 2. The summed E-state index contributed by atoms with van der Waals surface area (Å²) in [7, 11) is -3.41. The quantitative estimate of drug-likeness (QED) is 0.483. The molecule has 1 aliphatic rings. The van der Waals surface area contributed by atoms with Gasteiger partial charge in [0.15, 0.2) is 15.0 Å². The molecule has 0 unspecified atom stereocenters. The SMILES string of the molecule is CCc1ccc2nc(N(CCCN3CCOCC3)C(=O)c3cccc(S(C)(=O)=O)c3)sc2c1. The maximum atomic E-state index is 13.6. The van der Waals surface area contributed by atoms with Gasteiger partial charge in [-0.2, -0.15) is 0 Å². The monoisotopic (exact) mass is 487 g/mol. The number of aromatic nitrogens is 1. The highest BCUT2D eigenvalue weighted by molar-refractivity contribution is 7.90. The van der Waals surface area contributed by atoms with Gasteiger partial charge in [0, 0.05) is 38.0 Å². The van der Waals surface area contributed by atoms with E-state index in [1.807, 2.05) is 6.07 Å². The van der Waals surface area contributed by atoms with Crippen LogP contribution in [0.4, 0.5) is 5.13 Å². The Morgan fingerprint density at radius 3 is 2.70 bits per heavy atom. The predicted molar refractivity (Wildman–Crippen MR) is 132 cm³/mol. The highest BCUT2D eigenvalue weighted by Crippen LogP contribution is 2.31. The minimum Gasteiger partial charge on any atom is -0.379 e. The van der Waals surface area contributed by atoms with Crippen molar-refractivity contribution in [3.8, 4) is 0 Å². The van der Waals surface area contributed by atoms with Crippen LogP contribution in [0.5, 0.6) is 0 Å². The second-order valence-electron chi connectivity index (χ2n) is 8.22. The van der Waals surface area contributed by atoms with Crippen molar-refractivity contribution in [1.82, 2.24) is 9.88 Å². The number of carbonyl (C=O) groups excluding carboxylic acids is 1. The predicted octanol–water partition coefficient (Wildman–Crippen LogP) is 3.63. The zero-order valence-electron chi connectivity index (χ0n) is 19.0. The molecule has 33 heavy (non-hydrogen) atoms. The summed E-state index contributed by atoms with van der Waals surface area (Å²) in [4.78, 5) is 22.5. The van der Waals surface area contributed by atoms with E-state index in [0.717, 1.165) is 62.2 Å². The van der Waals surface area contributed by atoms with Crippen molar-refractivity contribution in [3.63, 3.8) is 0 Å². The maximum Gasteiger partial charge on any atom is 0.260 e. The Hall–Kier alpha value is -2.33. The molecule has 4 rings (SSSR count). The van der Waals surface area contributed by atoms with Crippen LogP contribution in [0.1, 0.15) is 29.3 Å². The molecule has 1 aliphatic heterocycles. The molecule has 0 aliphatic carbocycles. The molecule has 0 bridgehead atoms. The van der Waals surface area contributed by atoms with Gasteiger partial charge in [-0.3, -0.25) is 14.6 Å². The van der Waals surface area contributed by atoms with Crippen LogP contribution in [0, 0.1) is 0 Å². The molecule has 1 amide bonds. The molecule has 2 aromatic carbocycles. The number of aryl methyl sites for hydroxylation is 1. The summed E-state index contributed by atoms with van der Waals surface area (Å²) in [6.07, 6.45) is 2.87. The normalized spacial score (nSPS) is 15.1. The van der Waals surface area contributed by atoms with Crippen LogP contribution >= 0.6 is 11.3 Å². The topological polar surface area (TPSA) is 79.8 Å². The molecule has 0 N–H and O–H groups in total. The lowest BCUT2D eigenvalue weighted by Crippen LogP contribution is -2.39. The number of sulfone groups is 1. The fraction of sp³-hybridized carbons (Fsp3) is 0.417. The van der Waals surface area contributed by atoms with Crippen LogP contribution in [-0.2, 0) is 21.0 Å².